The molecule has 2 aromatic carbocycles. The van der Waals surface area contributed by atoms with E-state index in [1.807, 2.05) is 12.1 Å². The molecule has 2 heterocycles. The monoisotopic (exact) mass is 426 g/mol. The molecule has 0 saturated carbocycles. The highest BCUT2D eigenvalue weighted by molar-refractivity contribution is 7.89. The zero-order valence-electron chi connectivity index (χ0n) is 16.6. The quantitative estimate of drug-likeness (QED) is 0.398. The first-order valence-corrected chi connectivity index (χ1v) is 11.1. The Balaban J connectivity index is 1.40. The number of H-pyrrole nitrogens is 2. The van der Waals surface area contributed by atoms with Gasteiger partial charge in [0.15, 0.2) is 5.82 Å². The van der Waals surface area contributed by atoms with E-state index in [0.717, 1.165) is 27.9 Å². The summed E-state index contributed by atoms with van der Waals surface area (Å²) in [7, 11) is -3.49. The summed E-state index contributed by atoms with van der Waals surface area (Å²) in [6.07, 6.45) is 2.41. The highest BCUT2D eigenvalue weighted by Gasteiger charge is 2.13. The fraction of sp³-hybridized carbons (Fsp3) is 0.250. The van der Waals surface area contributed by atoms with Crippen molar-refractivity contribution in [2.45, 2.75) is 26.3 Å². The van der Waals surface area contributed by atoms with E-state index >= 15 is 0 Å². The van der Waals surface area contributed by atoms with Crippen molar-refractivity contribution in [1.29, 1.82) is 0 Å². The zero-order chi connectivity index (χ0) is 21.1. The summed E-state index contributed by atoms with van der Waals surface area (Å²) in [5.41, 5.74) is 2.90. The summed E-state index contributed by atoms with van der Waals surface area (Å²) in [6, 6.07) is 12.9. The van der Waals surface area contributed by atoms with Crippen molar-refractivity contribution < 1.29 is 13.2 Å². The number of ether oxygens (including phenoxy) is 1. The van der Waals surface area contributed by atoms with Gasteiger partial charge in [-0.2, -0.15) is 10.2 Å². The lowest BCUT2D eigenvalue weighted by atomic mass is 10.1. The second kappa shape index (κ2) is 8.25. The highest BCUT2D eigenvalue weighted by Crippen LogP contribution is 2.21. The second-order valence-electron chi connectivity index (χ2n) is 7.25. The Morgan fingerprint density at radius 1 is 1.10 bits per heavy atom. The molecule has 9 nitrogen and oxygen atoms in total. The Bertz CT molecular complexity index is 1250. The summed E-state index contributed by atoms with van der Waals surface area (Å²) < 4.78 is 31.5. The van der Waals surface area contributed by atoms with E-state index in [9.17, 15) is 8.42 Å². The number of nitrogens with one attached hydrogen (secondary N) is 3. The summed E-state index contributed by atoms with van der Waals surface area (Å²) in [5, 5.41) is 15.3. The van der Waals surface area contributed by atoms with Crippen LogP contribution in [0.3, 0.4) is 0 Å². The topological polar surface area (TPSA) is 126 Å². The number of nitrogens with zero attached hydrogens (tertiary/aromatic N) is 3. The summed E-state index contributed by atoms with van der Waals surface area (Å²) in [5.74, 6) is 1.34. The first-order chi connectivity index (χ1) is 14.4. The largest absolute Gasteiger partial charge is 0.476 e. The van der Waals surface area contributed by atoms with Gasteiger partial charge in [-0.15, -0.1) is 0 Å². The van der Waals surface area contributed by atoms with Crippen LogP contribution in [0.2, 0.25) is 0 Å². The molecule has 0 bridgehead atoms. The molecule has 0 fully saturated rings. The van der Waals surface area contributed by atoms with Gasteiger partial charge in [0.1, 0.15) is 11.6 Å². The van der Waals surface area contributed by atoms with Gasteiger partial charge >= 0.3 is 0 Å². The third kappa shape index (κ3) is 4.84. The van der Waals surface area contributed by atoms with E-state index in [2.05, 4.69) is 36.2 Å². The number of aromatic amines is 2. The van der Waals surface area contributed by atoms with Crippen LogP contribution >= 0.6 is 0 Å². The van der Waals surface area contributed by atoms with E-state index in [4.69, 9.17) is 4.74 Å². The van der Waals surface area contributed by atoms with Crippen molar-refractivity contribution in [2.24, 2.45) is 0 Å². The van der Waals surface area contributed by atoms with Gasteiger partial charge in [0.2, 0.25) is 16.0 Å². The zero-order valence-corrected chi connectivity index (χ0v) is 17.4. The van der Waals surface area contributed by atoms with Crippen LogP contribution in [-0.4, -0.2) is 45.8 Å². The molecule has 0 amide bonds. The number of aromatic nitrogens is 5. The van der Waals surface area contributed by atoms with Crippen LogP contribution in [0.4, 0.5) is 0 Å². The number of hydrogen-bond donors (Lipinski definition) is 3. The molecule has 0 aliphatic heterocycles. The van der Waals surface area contributed by atoms with Gasteiger partial charge in [0.25, 0.3) is 0 Å². The van der Waals surface area contributed by atoms with Crippen molar-refractivity contribution in [3.8, 4) is 17.1 Å². The molecule has 30 heavy (non-hydrogen) atoms. The Kier molecular flexibility index (Phi) is 5.51. The van der Waals surface area contributed by atoms with Gasteiger partial charge in [-0.05, 0) is 55.8 Å². The maximum Gasteiger partial charge on any atom is 0.247 e. The normalized spacial score (nSPS) is 12.0. The molecule has 0 unspecified atom stereocenters. The van der Waals surface area contributed by atoms with Gasteiger partial charge in [-0.3, -0.25) is 10.2 Å². The molecule has 0 radical (unpaired) electrons. The van der Waals surface area contributed by atoms with Crippen LogP contribution in [-0.2, 0) is 16.4 Å². The lowest BCUT2D eigenvalue weighted by Gasteiger charge is -2.10. The van der Waals surface area contributed by atoms with Crippen molar-refractivity contribution in [3.05, 3.63) is 60.0 Å². The molecule has 0 atom stereocenters. The van der Waals surface area contributed by atoms with Crippen molar-refractivity contribution in [1.82, 2.24) is 30.1 Å². The van der Waals surface area contributed by atoms with Crippen LogP contribution < -0.4 is 9.46 Å². The van der Waals surface area contributed by atoms with Crippen LogP contribution in [0.25, 0.3) is 22.3 Å². The molecule has 3 N–H and O–H groups in total. The third-order valence-corrected chi connectivity index (χ3v) is 5.58. The first-order valence-electron chi connectivity index (χ1n) is 9.44. The van der Waals surface area contributed by atoms with E-state index < -0.39 is 16.0 Å². The van der Waals surface area contributed by atoms with Crippen molar-refractivity contribution >= 4 is 20.9 Å². The van der Waals surface area contributed by atoms with E-state index in [1.165, 1.54) is 0 Å². The van der Waals surface area contributed by atoms with Crippen LogP contribution in [0.1, 0.15) is 25.2 Å². The maximum absolute atomic E-state index is 11.8. The number of fused-ring (bicyclic) bond motifs is 1. The van der Waals surface area contributed by atoms with E-state index in [1.54, 1.807) is 44.3 Å². The molecule has 156 valence electrons. The van der Waals surface area contributed by atoms with Gasteiger partial charge in [0.05, 0.1) is 11.7 Å². The molecular formula is C20H22N6O3S. The van der Waals surface area contributed by atoms with Crippen molar-refractivity contribution in [3.63, 3.8) is 0 Å². The second-order valence-corrected chi connectivity index (χ2v) is 8.95. The van der Waals surface area contributed by atoms with Crippen LogP contribution in [0, 0.1) is 0 Å². The molecule has 4 aromatic rings. The first kappa shape index (κ1) is 20.0. The predicted molar refractivity (Wildman–Crippen MR) is 113 cm³/mol. The van der Waals surface area contributed by atoms with Gasteiger partial charge < -0.3 is 4.74 Å². The smallest absolute Gasteiger partial charge is 0.247 e. The molecule has 10 heteroatoms. The van der Waals surface area contributed by atoms with Crippen molar-refractivity contribution in [2.75, 3.05) is 5.94 Å². The molecule has 4 rings (SSSR count). The van der Waals surface area contributed by atoms with E-state index in [-0.39, 0.29) is 6.04 Å². The Morgan fingerprint density at radius 3 is 2.67 bits per heavy atom. The minimum Gasteiger partial charge on any atom is -0.476 e. The summed E-state index contributed by atoms with van der Waals surface area (Å²) >= 11 is 0. The molecular weight excluding hydrogens is 404 g/mol. The summed E-state index contributed by atoms with van der Waals surface area (Å²) in [4.78, 5) is 4.55. The lowest BCUT2D eigenvalue weighted by Crippen LogP contribution is -2.33. The molecule has 0 aliphatic rings. The lowest BCUT2D eigenvalue weighted by molar-refractivity contribution is 0.373. The maximum atomic E-state index is 11.8. The third-order valence-electron chi connectivity index (χ3n) is 4.32. The van der Waals surface area contributed by atoms with Crippen LogP contribution in [0.5, 0.6) is 5.75 Å². The average molecular weight is 427 g/mol. The minimum absolute atomic E-state index is 0.178. The average Bonchev–Trinajstić information content (AvgIpc) is 3.35. The number of rotatable bonds is 8. The van der Waals surface area contributed by atoms with Gasteiger partial charge in [-0.25, -0.2) is 18.1 Å². The Morgan fingerprint density at radius 2 is 1.90 bits per heavy atom. The van der Waals surface area contributed by atoms with Gasteiger partial charge in [0, 0.05) is 23.4 Å². The molecule has 2 aromatic heterocycles. The number of sulfonamides is 1. The molecule has 0 spiro atoms. The Hall–Kier alpha value is -3.24. The molecule has 0 aliphatic carbocycles. The Labute approximate surface area is 173 Å². The fourth-order valence-corrected chi connectivity index (χ4v) is 4.12. The fourth-order valence-electron chi connectivity index (χ4n) is 3.04. The molecule has 0 saturated heterocycles. The predicted octanol–water partition coefficient (Wildman–Crippen LogP) is 2.60. The van der Waals surface area contributed by atoms with Crippen LogP contribution in [0.15, 0.2) is 48.7 Å². The van der Waals surface area contributed by atoms with Gasteiger partial charge in [-0.1, -0.05) is 6.07 Å². The van der Waals surface area contributed by atoms with E-state index in [0.29, 0.717) is 18.0 Å². The number of benzene rings is 2. The highest BCUT2D eigenvalue weighted by atomic mass is 32.2. The minimum atomic E-state index is -3.49. The standard InChI is InChI=1S/C20H22N6O3S/c1-13(2)26-30(27,28)12-29-17-6-4-15(5-7-17)20-22-19(24-25-20)10-14-3-8-18-16(9-14)11-21-23-18/h3-9,11,13,26H,10,12H2,1-2H3,(H,21,23)(H,22,24,25). The number of hydrogen-bond acceptors (Lipinski definition) is 6. The SMILES string of the molecule is CC(C)NS(=O)(=O)COc1ccc(-c2n[nH]c(Cc3ccc4[nH]ncc4c3)n2)cc1. The summed E-state index contributed by atoms with van der Waals surface area (Å²) in [6.45, 7) is 3.51.